The second-order valence-electron chi connectivity index (χ2n) is 5.01. The quantitative estimate of drug-likeness (QED) is 0.786. The molecule has 1 aromatic carbocycles. The van der Waals surface area contributed by atoms with Crippen molar-refractivity contribution in [2.24, 2.45) is 0 Å². The summed E-state index contributed by atoms with van der Waals surface area (Å²) in [5, 5.41) is 0. The Bertz CT molecular complexity index is 440. The number of carbonyl (C=O) groups excluding carboxylic acids is 1. The summed E-state index contributed by atoms with van der Waals surface area (Å²) in [6.45, 7) is 7.79. The molecular weight excluding hydrogens is 214 g/mol. The van der Waals surface area contributed by atoms with Crippen molar-refractivity contribution < 1.29 is 9.53 Å². The molecule has 2 rings (SSSR count). The van der Waals surface area contributed by atoms with Crippen LogP contribution in [0.2, 0.25) is 0 Å². The maximum Gasteiger partial charge on any atom is 0.270 e. The van der Waals surface area contributed by atoms with Crippen LogP contribution in [0.1, 0.15) is 34.1 Å². The van der Waals surface area contributed by atoms with Gasteiger partial charge in [0.1, 0.15) is 5.75 Å². The fourth-order valence-electron chi connectivity index (χ4n) is 2.08. The summed E-state index contributed by atoms with van der Waals surface area (Å²) in [7, 11) is 0. The lowest BCUT2D eigenvalue weighted by molar-refractivity contribution is -0.133. The molecule has 0 saturated heterocycles. The van der Waals surface area contributed by atoms with E-state index in [0.29, 0.717) is 0 Å². The monoisotopic (exact) mass is 233 g/mol. The Labute approximate surface area is 102 Å². The molecule has 17 heavy (non-hydrogen) atoms. The van der Waals surface area contributed by atoms with Gasteiger partial charge in [-0.3, -0.25) is 4.79 Å². The van der Waals surface area contributed by atoms with Gasteiger partial charge in [-0.05, 0) is 39.3 Å². The van der Waals surface area contributed by atoms with Crippen LogP contribution in [0.15, 0.2) is 24.3 Å². The number of hydrogen-bond acceptors (Lipinski definition) is 2. The third kappa shape index (κ3) is 1.90. The second-order valence-corrected chi connectivity index (χ2v) is 5.01. The summed E-state index contributed by atoms with van der Waals surface area (Å²) in [6.07, 6.45) is 0.927. The number of rotatable bonds is 2. The smallest absolute Gasteiger partial charge is 0.270 e. The number of nitrogens with zero attached hydrogens (tertiary/aromatic N) is 1. The van der Waals surface area contributed by atoms with Gasteiger partial charge < -0.3 is 9.64 Å². The zero-order chi connectivity index (χ0) is 12.6. The molecule has 0 aliphatic carbocycles. The zero-order valence-electron chi connectivity index (χ0n) is 10.9. The van der Waals surface area contributed by atoms with E-state index in [1.54, 1.807) is 0 Å². The van der Waals surface area contributed by atoms with Gasteiger partial charge in [-0.2, -0.15) is 0 Å². The Hall–Kier alpha value is -1.51. The van der Waals surface area contributed by atoms with E-state index >= 15 is 0 Å². The number of benzene rings is 1. The average Bonchev–Trinajstić information content (AvgIpc) is 2.29. The SMILES string of the molecule is CCC(C)N1C(=O)C(C)(C)Oc2ccccc21. The number of carbonyl (C=O) groups is 1. The molecule has 0 aromatic heterocycles. The van der Waals surface area contributed by atoms with Crippen molar-refractivity contribution in [3.8, 4) is 5.75 Å². The molecule has 1 unspecified atom stereocenters. The van der Waals surface area contributed by atoms with Gasteiger partial charge in [0, 0.05) is 6.04 Å². The van der Waals surface area contributed by atoms with Crippen molar-refractivity contribution in [1.82, 2.24) is 0 Å². The van der Waals surface area contributed by atoms with E-state index < -0.39 is 5.60 Å². The molecule has 3 heteroatoms. The first-order valence-electron chi connectivity index (χ1n) is 6.09. The summed E-state index contributed by atoms with van der Waals surface area (Å²) in [4.78, 5) is 14.3. The summed E-state index contributed by atoms with van der Waals surface area (Å²) >= 11 is 0. The highest BCUT2D eigenvalue weighted by atomic mass is 16.5. The van der Waals surface area contributed by atoms with Crippen LogP contribution in [0.25, 0.3) is 0 Å². The van der Waals surface area contributed by atoms with Crippen molar-refractivity contribution in [1.29, 1.82) is 0 Å². The maximum absolute atomic E-state index is 12.4. The molecule has 1 aliphatic heterocycles. The minimum absolute atomic E-state index is 0.0329. The molecule has 1 heterocycles. The standard InChI is InChI=1S/C14H19NO2/c1-5-10(2)15-11-8-6-7-9-12(11)17-14(3,4)13(15)16/h6-10H,5H2,1-4H3. The number of hydrogen-bond donors (Lipinski definition) is 0. The average molecular weight is 233 g/mol. The predicted octanol–water partition coefficient (Wildman–Crippen LogP) is 2.99. The first-order valence-corrected chi connectivity index (χ1v) is 6.09. The van der Waals surface area contributed by atoms with E-state index in [2.05, 4.69) is 13.8 Å². The van der Waals surface area contributed by atoms with Crippen LogP contribution in [0, 0.1) is 0 Å². The van der Waals surface area contributed by atoms with Crippen LogP contribution in [-0.4, -0.2) is 17.6 Å². The Kier molecular flexibility index (Phi) is 2.86. The van der Waals surface area contributed by atoms with Crippen molar-refractivity contribution in [3.05, 3.63) is 24.3 Å². The fraction of sp³-hybridized carbons (Fsp3) is 0.500. The number of para-hydroxylation sites is 2. The van der Waals surface area contributed by atoms with Gasteiger partial charge in [0.05, 0.1) is 5.69 Å². The maximum atomic E-state index is 12.4. The van der Waals surface area contributed by atoms with E-state index in [1.807, 2.05) is 43.0 Å². The lowest BCUT2D eigenvalue weighted by atomic mass is 10.0. The molecule has 0 bridgehead atoms. The molecule has 1 aliphatic rings. The third-order valence-electron chi connectivity index (χ3n) is 3.26. The lowest BCUT2D eigenvalue weighted by Crippen LogP contribution is -2.55. The molecule has 1 amide bonds. The summed E-state index contributed by atoms with van der Waals surface area (Å²) in [5.74, 6) is 0.822. The van der Waals surface area contributed by atoms with E-state index in [9.17, 15) is 4.79 Å². The second kappa shape index (κ2) is 4.06. The molecule has 1 aromatic rings. The topological polar surface area (TPSA) is 29.5 Å². The van der Waals surface area contributed by atoms with Gasteiger partial charge in [0.25, 0.3) is 5.91 Å². The highest BCUT2D eigenvalue weighted by molar-refractivity contribution is 6.02. The first kappa shape index (κ1) is 12.0. The van der Waals surface area contributed by atoms with Gasteiger partial charge in [-0.15, -0.1) is 0 Å². The van der Waals surface area contributed by atoms with Gasteiger partial charge in [-0.1, -0.05) is 19.1 Å². The van der Waals surface area contributed by atoms with Crippen LogP contribution in [0.4, 0.5) is 5.69 Å². The number of fused-ring (bicyclic) bond motifs is 1. The molecule has 1 atom stereocenters. The highest BCUT2D eigenvalue weighted by Gasteiger charge is 2.42. The van der Waals surface area contributed by atoms with E-state index in [-0.39, 0.29) is 11.9 Å². The molecule has 92 valence electrons. The van der Waals surface area contributed by atoms with Crippen molar-refractivity contribution >= 4 is 11.6 Å². The predicted molar refractivity (Wildman–Crippen MR) is 68.4 cm³/mol. The van der Waals surface area contributed by atoms with E-state index in [1.165, 1.54) is 0 Å². The third-order valence-corrected chi connectivity index (χ3v) is 3.26. The summed E-state index contributed by atoms with van der Waals surface area (Å²) in [6, 6.07) is 7.91. The Morgan fingerprint density at radius 3 is 2.65 bits per heavy atom. The molecule has 0 saturated carbocycles. The summed E-state index contributed by atoms with van der Waals surface area (Å²) in [5.41, 5.74) is 0.101. The van der Waals surface area contributed by atoms with Crippen LogP contribution in [0.3, 0.4) is 0 Å². The van der Waals surface area contributed by atoms with Gasteiger partial charge in [0.15, 0.2) is 5.60 Å². The number of ether oxygens (including phenoxy) is 1. The first-order chi connectivity index (χ1) is 7.97. The van der Waals surface area contributed by atoms with Crippen molar-refractivity contribution in [2.45, 2.75) is 45.8 Å². The molecule has 0 spiro atoms. The Morgan fingerprint density at radius 2 is 2.00 bits per heavy atom. The molecule has 3 nitrogen and oxygen atoms in total. The van der Waals surface area contributed by atoms with Crippen LogP contribution in [-0.2, 0) is 4.79 Å². The van der Waals surface area contributed by atoms with Gasteiger partial charge >= 0.3 is 0 Å². The molecule has 0 radical (unpaired) electrons. The Morgan fingerprint density at radius 1 is 1.35 bits per heavy atom. The van der Waals surface area contributed by atoms with E-state index in [4.69, 9.17) is 4.74 Å². The Balaban J connectivity index is 2.52. The minimum atomic E-state index is -0.780. The zero-order valence-corrected chi connectivity index (χ0v) is 10.9. The highest BCUT2D eigenvalue weighted by Crippen LogP contribution is 2.38. The van der Waals surface area contributed by atoms with Crippen LogP contribution >= 0.6 is 0 Å². The van der Waals surface area contributed by atoms with Crippen LogP contribution < -0.4 is 9.64 Å². The fourth-order valence-corrected chi connectivity index (χ4v) is 2.08. The van der Waals surface area contributed by atoms with Crippen LogP contribution in [0.5, 0.6) is 5.75 Å². The van der Waals surface area contributed by atoms with Crippen molar-refractivity contribution in [2.75, 3.05) is 4.90 Å². The summed E-state index contributed by atoms with van der Waals surface area (Å²) < 4.78 is 5.77. The molecule has 0 N–H and O–H groups in total. The minimum Gasteiger partial charge on any atom is -0.476 e. The lowest BCUT2D eigenvalue weighted by Gasteiger charge is -2.41. The normalized spacial score (nSPS) is 19.5. The molecule has 0 fully saturated rings. The largest absolute Gasteiger partial charge is 0.476 e. The van der Waals surface area contributed by atoms with Crippen molar-refractivity contribution in [3.63, 3.8) is 0 Å². The van der Waals surface area contributed by atoms with E-state index in [0.717, 1.165) is 17.9 Å². The molecular formula is C14H19NO2. The van der Waals surface area contributed by atoms with Gasteiger partial charge in [-0.25, -0.2) is 0 Å². The number of amides is 1. The number of anilines is 1. The van der Waals surface area contributed by atoms with Gasteiger partial charge in [0.2, 0.25) is 0 Å².